The molecule has 0 radical (unpaired) electrons. The molecule has 0 saturated carbocycles. The fraction of sp³-hybridized carbons (Fsp3) is 0.0417. The first-order valence-corrected chi connectivity index (χ1v) is 11.0. The maximum absolute atomic E-state index is 12.8. The molecule has 3 heterocycles. The number of fused-ring (bicyclic) bond motifs is 1. The molecule has 2 N–H and O–H groups in total. The molecule has 5 rings (SSSR count). The molecule has 4 aromatic rings. The zero-order valence-corrected chi connectivity index (χ0v) is 18.5. The van der Waals surface area contributed by atoms with Gasteiger partial charge in [0, 0.05) is 23.5 Å². The lowest BCUT2D eigenvalue weighted by Crippen LogP contribution is -2.17. The van der Waals surface area contributed by atoms with Crippen LogP contribution in [0.1, 0.15) is 5.56 Å². The third-order valence-electron chi connectivity index (χ3n) is 5.08. The van der Waals surface area contributed by atoms with Crippen LogP contribution in [0.3, 0.4) is 0 Å². The second kappa shape index (κ2) is 8.84. The van der Waals surface area contributed by atoms with Crippen molar-refractivity contribution in [2.75, 3.05) is 5.32 Å². The highest BCUT2D eigenvalue weighted by molar-refractivity contribution is 8.18. The molecule has 11 heteroatoms. The molecule has 0 unspecified atom stereocenters. The normalized spacial score (nSPS) is 15.0. The van der Waals surface area contributed by atoms with Crippen molar-refractivity contribution < 1.29 is 27.5 Å². The van der Waals surface area contributed by atoms with E-state index in [1.165, 1.54) is 18.2 Å². The second-order valence-corrected chi connectivity index (χ2v) is 8.41. The Bertz CT molecular complexity index is 1480. The van der Waals surface area contributed by atoms with Gasteiger partial charge in [0.05, 0.1) is 16.3 Å². The average molecular weight is 496 g/mol. The number of pyridine rings is 1. The number of ether oxygens (including phenoxy) is 1. The summed E-state index contributed by atoms with van der Waals surface area (Å²) in [7, 11) is 0. The van der Waals surface area contributed by atoms with Gasteiger partial charge in [-0.05, 0) is 59.8 Å². The number of nitrogens with one attached hydrogen (secondary N) is 2. The number of carbonyl (C=O) groups is 2. The van der Waals surface area contributed by atoms with Crippen molar-refractivity contribution in [3.05, 3.63) is 83.5 Å². The Labute approximate surface area is 200 Å². The molecular weight excluding hydrogens is 481 g/mol. The molecule has 2 aromatic heterocycles. The smallest absolute Gasteiger partial charge is 0.404 e. The van der Waals surface area contributed by atoms with Crippen molar-refractivity contribution in [3.8, 4) is 11.4 Å². The number of alkyl halides is 3. The molecule has 2 amide bonds. The van der Waals surface area contributed by atoms with Crippen LogP contribution in [-0.4, -0.2) is 27.1 Å². The first-order chi connectivity index (χ1) is 16.8. The number of benzene rings is 2. The molecule has 1 saturated heterocycles. The summed E-state index contributed by atoms with van der Waals surface area (Å²) in [5.74, 6) is -0.767. The van der Waals surface area contributed by atoms with Crippen LogP contribution in [0.25, 0.3) is 22.8 Å². The molecule has 1 aliphatic rings. The minimum absolute atomic E-state index is 0.162. The summed E-state index contributed by atoms with van der Waals surface area (Å²) >= 11 is 0.846. The van der Waals surface area contributed by atoms with Crippen LogP contribution in [0, 0.1) is 0 Å². The minimum atomic E-state index is -4.81. The van der Waals surface area contributed by atoms with Crippen molar-refractivity contribution in [2.45, 2.75) is 6.36 Å². The van der Waals surface area contributed by atoms with Gasteiger partial charge in [0.1, 0.15) is 5.65 Å². The fourth-order valence-corrected chi connectivity index (χ4v) is 4.27. The van der Waals surface area contributed by atoms with Gasteiger partial charge in [-0.25, -0.2) is 4.98 Å². The number of aromatic nitrogens is 2. The molecule has 0 bridgehead atoms. The number of halogens is 3. The predicted octanol–water partition coefficient (Wildman–Crippen LogP) is 5.99. The number of nitrogens with zero attached hydrogens (tertiary/aromatic N) is 2. The van der Waals surface area contributed by atoms with Crippen LogP contribution in [0.15, 0.2) is 78.0 Å². The van der Waals surface area contributed by atoms with Gasteiger partial charge in [-0.15, -0.1) is 13.2 Å². The van der Waals surface area contributed by atoms with Crippen LogP contribution in [0.4, 0.5) is 29.3 Å². The van der Waals surface area contributed by atoms with Crippen LogP contribution in [0.5, 0.6) is 5.75 Å². The van der Waals surface area contributed by atoms with Crippen LogP contribution < -0.4 is 15.4 Å². The van der Waals surface area contributed by atoms with Crippen LogP contribution in [-0.2, 0) is 4.79 Å². The van der Waals surface area contributed by atoms with E-state index in [4.69, 9.17) is 0 Å². The van der Waals surface area contributed by atoms with Crippen molar-refractivity contribution in [1.29, 1.82) is 0 Å². The molecule has 35 heavy (non-hydrogen) atoms. The van der Waals surface area contributed by atoms with Gasteiger partial charge in [-0.1, -0.05) is 24.3 Å². The van der Waals surface area contributed by atoms with E-state index in [1.54, 1.807) is 48.8 Å². The summed E-state index contributed by atoms with van der Waals surface area (Å²) < 4.78 is 44.3. The van der Waals surface area contributed by atoms with E-state index in [-0.39, 0.29) is 11.4 Å². The Morgan fingerprint density at radius 2 is 1.77 bits per heavy atom. The van der Waals surface area contributed by atoms with Gasteiger partial charge in [0.15, 0.2) is 5.75 Å². The number of hydrogen-bond acceptors (Lipinski definition) is 6. The van der Waals surface area contributed by atoms with Crippen molar-refractivity contribution in [2.24, 2.45) is 0 Å². The first kappa shape index (κ1) is 22.5. The van der Waals surface area contributed by atoms with E-state index in [9.17, 15) is 22.8 Å². The quantitative estimate of drug-likeness (QED) is 0.330. The summed E-state index contributed by atoms with van der Waals surface area (Å²) in [5, 5.41) is 5.51. The lowest BCUT2D eigenvalue weighted by molar-refractivity contribution is -0.274. The topological polar surface area (TPSA) is 85.2 Å². The Kier molecular flexibility index (Phi) is 5.69. The van der Waals surface area contributed by atoms with E-state index in [1.807, 2.05) is 16.7 Å². The summed E-state index contributed by atoms with van der Waals surface area (Å²) in [4.78, 5) is 27.8. The average Bonchev–Trinajstić information content (AvgIpc) is 3.38. The number of imide groups is 1. The molecule has 0 aliphatic carbocycles. The predicted molar refractivity (Wildman–Crippen MR) is 127 cm³/mol. The zero-order chi connectivity index (χ0) is 24.6. The standard InChI is InChI=1S/C24H15F3N4O3S/c25-24(26,27)34-19-4-2-1-3-18(19)29-17-9-11-28-21-16(17)10-12-31(21)15-7-5-14(6-8-15)13-20-22(32)30-23(33)35-20/h1-13H,(H,28,29)(H,30,32,33). The number of amides is 2. The number of carbonyl (C=O) groups excluding carboxylic acids is 2. The van der Waals surface area contributed by atoms with Crippen molar-refractivity contribution in [1.82, 2.24) is 14.9 Å². The Balaban J connectivity index is 1.44. The van der Waals surface area contributed by atoms with E-state index in [0.717, 1.165) is 23.0 Å². The lowest BCUT2D eigenvalue weighted by Gasteiger charge is -2.15. The van der Waals surface area contributed by atoms with Gasteiger partial charge >= 0.3 is 6.36 Å². The fourth-order valence-electron chi connectivity index (χ4n) is 3.59. The van der Waals surface area contributed by atoms with E-state index >= 15 is 0 Å². The minimum Gasteiger partial charge on any atom is -0.404 e. The first-order valence-electron chi connectivity index (χ1n) is 10.2. The van der Waals surface area contributed by atoms with Gasteiger partial charge in [0.2, 0.25) is 0 Å². The number of rotatable bonds is 5. The maximum atomic E-state index is 12.8. The summed E-state index contributed by atoms with van der Waals surface area (Å²) in [6.45, 7) is 0. The summed E-state index contributed by atoms with van der Waals surface area (Å²) in [6.07, 6.45) is 0.170. The summed E-state index contributed by atoms with van der Waals surface area (Å²) in [5.41, 5.74) is 2.84. The number of hydrogen-bond donors (Lipinski definition) is 2. The Hall–Kier alpha value is -4.25. The monoisotopic (exact) mass is 496 g/mol. The van der Waals surface area contributed by atoms with Gasteiger partial charge in [0.25, 0.3) is 11.1 Å². The number of anilines is 2. The number of para-hydroxylation sites is 2. The molecule has 1 aliphatic heterocycles. The lowest BCUT2D eigenvalue weighted by atomic mass is 10.2. The molecule has 176 valence electrons. The Morgan fingerprint density at radius 1 is 1.00 bits per heavy atom. The molecule has 0 atom stereocenters. The van der Waals surface area contributed by atoms with Crippen LogP contribution >= 0.6 is 11.8 Å². The molecule has 0 spiro atoms. The zero-order valence-electron chi connectivity index (χ0n) is 17.7. The SMILES string of the molecule is O=C1NC(=O)C(=Cc2ccc(-n3ccc4c(Nc5ccccc5OC(F)(F)F)ccnc43)cc2)S1. The van der Waals surface area contributed by atoms with Crippen molar-refractivity contribution in [3.63, 3.8) is 0 Å². The molecule has 2 aromatic carbocycles. The third-order valence-corrected chi connectivity index (χ3v) is 5.89. The second-order valence-electron chi connectivity index (χ2n) is 7.39. The van der Waals surface area contributed by atoms with Crippen LogP contribution in [0.2, 0.25) is 0 Å². The number of thioether (sulfide) groups is 1. The van der Waals surface area contributed by atoms with Crippen molar-refractivity contribution >= 4 is 51.4 Å². The highest BCUT2D eigenvalue weighted by Gasteiger charge is 2.32. The highest BCUT2D eigenvalue weighted by atomic mass is 32.2. The van der Waals surface area contributed by atoms with E-state index in [0.29, 0.717) is 21.6 Å². The molecule has 7 nitrogen and oxygen atoms in total. The van der Waals surface area contributed by atoms with Gasteiger partial charge in [-0.2, -0.15) is 0 Å². The largest absolute Gasteiger partial charge is 0.573 e. The molecule has 1 fully saturated rings. The highest BCUT2D eigenvalue weighted by Crippen LogP contribution is 2.34. The maximum Gasteiger partial charge on any atom is 0.573 e. The summed E-state index contributed by atoms with van der Waals surface area (Å²) in [6, 6.07) is 16.5. The third kappa shape index (κ3) is 4.85. The van der Waals surface area contributed by atoms with Gasteiger partial charge < -0.3 is 14.6 Å². The van der Waals surface area contributed by atoms with E-state index < -0.39 is 17.5 Å². The Morgan fingerprint density at radius 3 is 2.49 bits per heavy atom. The van der Waals surface area contributed by atoms with E-state index in [2.05, 4.69) is 20.4 Å². The molecular formula is C24H15F3N4O3S. The van der Waals surface area contributed by atoms with Gasteiger partial charge in [-0.3, -0.25) is 14.9 Å².